The van der Waals surface area contributed by atoms with Crippen molar-refractivity contribution in [2.24, 2.45) is 0 Å². The quantitative estimate of drug-likeness (QED) is 0.490. The minimum atomic E-state index is -4.78. The molecule has 0 aromatic heterocycles. The van der Waals surface area contributed by atoms with Gasteiger partial charge in [-0.3, -0.25) is 4.79 Å². The van der Waals surface area contributed by atoms with Crippen LogP contribution in [0.15, 0.2) is 23.1 Å². The topological polar surface area (TPSA) is 29.1 Å². The first-order valence-corrected chi connectivity index (χ1v) is 6.12. The lowest BCUT2D eigenvalue weighted by Crippen LogP contribution is -2.17. The highest BCUT2D eigenvalue weighted by Gasteiger charge is 2.34. The summed E-state index contributed by atoms with van der Waals surface area (Å²) in [4.78, 5) is 11.4. The number of alkyl halides is 3. The molecule has 1 aliphatic rings. The summed E-state index contributed by atoms with van der Waals surface area (Å²) in [7, 11) is 0. The maximum absolute atomic E-state index is 13.7. The molecule has 0 bridgehead atoms. The van der Waals surface area contributed by atoms with Crippen molar-refractivity contribution in [2.75, 3.05) is 0 Å². The molecule has 1 saturated heterocycles. The van der Waals surface area contributed by atoms with Gasteiger partial charge in [-0.15, -0.1) is 0 Å². The van der Waals surface area contributed by atoms with Crippen molar-refractivity contribution in [1.82, 2.24) is 5.32 Å². The van der Waals surface area contributed by atoms with E-state index >= 15 is 0 Å². The van der Waals surface area contributed by atoms with E-state index in [-0.39, 0.29) is 14.8 Å². The molecule has 0 atom stereocenters. The number of hydrogen-bond acceptors (Lipinski definition) is 3. The van der Waals surface area contributed by atoms with Crippen LogP contribution in [0.25, 0.3) is 6.08 Å². The van der Waals surface area contributed by atoms with E-state index in [1.54, 1.807) is 0 Å². The Bertz CT molecular complexity index is 595. The van der Waals surface area contributed by atoms with Gasteiger partial charge in [-0.2, -0.15) is 13.2 Å². The van der Waals surface area contributed by atoms with Gasteiger partial charge < -0.3 is 5.32 Å². The number of amides is 1. The lowest BCUT2D eigenvalue weighted by molar-refractivity contribution is -0.140. The van der Waals surface area contributed by atoms with Crippen LogP contribution in [0.5, 0.6) is 0 Å². The van der Waals surface area contributed by atoms with E-state index in [4.69, 9.17) is 12.2 Å². The first-order valence-electron chi connectivity index (χ1n) is 4.89. The van der Waals surface area contributed by atoms with Crippen molar-refractivity contribution in [3.8, 4) is 0 Å². The Hall–Kier alpha value is -1.41. The number of hydrogen-bond donors (Lipinski definition) is 1. The molecule has 1 heterocycles. The molecular weight excluding hydrogens is 302 g/mol. The van der Waals surface area contributed by atoms with E-state index in [1.165, 1.54) is 0 Å². The highest BCUT2D eigenvalue weighted by Crippen LogP contribution is 2.34. The number of halogens is 4. The van der Waals surface area contributed by atoms with Crippen LogP contribution >= 0.6 is 24.0 Å². The molecule has 2 nitrogen and oxygen atoms in total. The Balaban J connectivity index is 2.45. The molecule has 2 rings (SSSR count). The van der Waals surface area contributed by atoms with Gasteiger partial charge in [0, 0.05) is 5.56 Å². The van der Waals surface area contributed by atoms with Crippen LogP contribution in [-0.4, -0.2) is 10.2 Å². The number of rotatable bonds is 1. The molecule has 1 aromatic rings. The van der Waals surface area contributed by atoms with Crippen LogP contribution in [0.4, 0.5) is 17.6 Å². The molecule has 0 radical (unpaired) electrons. The van der Waals surface area contributed by atoms with E-state index in [2.05, 4.69) is 5.32 Å². The zero-order chi connectivity index (χ0) is 14.2. The lowest BCUT2D eigenvalue weighted by Gasteiger charge is -2.09. The number of thiocarbonyl (C=S) groups is 1. The molecule has 19 heavy (non-hydrogen) atoms. The third kappa shape index (κ3) is 2.95. The molecule has 1 fully saturated rings. The second-order valence-corrected chi connectivity index (χ2v) is 5.28. The van der Waals surface area contributed by atoms with Crippen molar-refractivity contribution in [2.45, 2.75) is 6.18 Å². The summed E-state index contributed by atoms with van der Waals surface area (Å²) in [6.45, 7) is 0. The molecule has 0 unspecified atom stereocenters. The van der Waals surface area contributed by atoms with E-state index in [1.807, 2.05) is 0 Å². The summed E-state index contributed by atoms with van der Waals surface area (Å²) in [6.07, 6.45) is -3.73. The summed E-state index contributed by atoms with van der Waals surface area (Å²) in [5.41, 5.74) is -1.68. The van der Waals surface area contributed by atoms with Crippen LogP contribution in [0.3, 0.4) is 0 Å². The highest BCUT2D eigenvalue weighted by molar-refractivity contribution is 8.26. The van der Waals surface area contributed by atoms with Gasteiger partial charge in [-0.05, 0) is 12.1 Å². The lowest BCUT2D eigenvalue weighted by atomic mass is 10.1. The number of carbonyl (C=O) groups excluding carboxylic acids is 1. The van der Waals surface area contributed by atoms with Gasteiger partial charge in [0.2, 0.25) is 0 Å². The molecular formula is C11H5F4NOS2. The van der Waals surface area contributed by atoms with Crippen molar-refractivity contribution in [3.63, 3.8) is 0 Å². The van der Waals surface area contributed by atoms with Gasteiger partial charge in [0.1, 0.15) is 10.1 Å². The van der Waals surface area contributed by atoms with Gasteiger partial charge in [0.15, 0.2) is 0 Å². The maximum atomic E-state index is 13.7. The first kappa shape index (κ1) is 14.0. The van der Waals surface area contributed by atoms with Gasteiger partial charge in [0.25, 0.3) is 5.91 Å². The molecule has 1 N–H and O–H groups in total. The smallest absolute Gasteiger partial charge is 0.307 e. The Labute approximate surface area is 114 Å². The Morgan fingerprint density at radius 2 is 2.00 bits per heavy atom. The zero-order valence-corrected chi connectivity index (χ0v) is 10.7. The Morgan fingerprint density at radius 3 is 2.53 bits per heavy atom. The van der Waals surface area contributed by atoms with E-state index in [0.717, 1.165) is 30.0 Å². The molecule has 8 heteroatoms. The van der Waals surface area contributed by atoms with Crippen LogP contribution < -0.4 is 5.32 Å². The van der Waals surface area contributed by atoms with Crippen LogP contribution in [-0.2, 0) is 11.0 Å². The maximum Gasteiger partial charge on any atom is 0.419 e. The number of nitrogens with one attached hydrogen (secondary N) is 1. The Kier molecular flexibility index (Phi) is 3.64. The predicted octanol–water partition coefficient (Wildman–Crippen LogP) is 3.33. The molecule has 0 saturated carbocycles. The molecule has 1 aromatic carbocycles. The van der Waals surface area contributed by atoms with E-state index < -0.39 is 23.5 Å². The van der Waals surface area contributed by atoms with E-state index in [0.29, 0.717) is 6.07 Å². The summed E-state index contributed by atoms with van der Waals surface area (Å²) in [6, 6.07) is 2.88. The molecule has 100 valence electrons. The summed E-state index contributed by atoms with van der Waals surface area (Å²) in [5, 5.41) is 2.29. The van der Waals surface area contributed by atoms with E-state index in [9.17, 15) is 22.4 Å². The second-order valence-electron chi connectivity index (χ2n) is 3.56. The van der Waals surface area contributed by atoms with Crippen LogP contribution in [0.1, 0.15) is 11.1 Å². The predicted molar refractivity (Wildman–Crippen MR) is 67.7 cm³/mol. The Morgan fingerprint density at radius 1 is 1.32 bits per heavy atom. The van der Waals surface area contributed by atoms with Crippen molar-refractivity contribution in [3.05, 3.63) is 40.0 Å². The van der Waals surface area contributed by atoms with Gasteiger partial charge >= 0.3 is 6.18 Å². The third-order valence-electron chi connectivity index (χ3n) is 2.26. The van der Waals surface area contributed by atoms with Crippen molar-refractivity contribution >= 4 is 40.3 Å². The van der Waals surface area contributed by atoms with Gasteiger partial charge in [-0.1, -0.05) is 36.1 Å². The summed E-state index contributed by atoms with van der Waals surface area (Å²) in [5.74, 6) is -1.96. The van der Waals surface area contributed by atoms with Crippen LogP contribution in [0, 0.1) is 5.82 Å². The highest BCUT2D eigenvalue weighted by atomic mass is 32.2. The van der Waals surface area contributed by atoms with Gasteiger partial charge in [0.05, 0.1) is 10.5 Å². The molecule has 1 amide bonds. The largest absolute Gasteiger partial charge is 0.419 e. The van der Waals surface area contributed by atoms with Gasteiger partial charge in [-0.25, -0.2) is 4.39 Å². The fourth-order valence-electron chi connectivity index (χ4n) is 1.44. The monoisotopic (exact) mass is 307 g/mol. The third-order valence-corrected chi connectivity index (χ3v) is 3.43. The molecule has 0 spiro atoms. The standard InChI is InChI=1S/C11H5F4NOS2/c12-8-5(2-1-3-6(8)11(13,14)15)4-7-9(17)16-10(18)19-7/h1-4H,(H,16,17,18)/b7-4-. The first-order chi connectivity index (χ1) is 8.79. The molecule has 1 aliphatic heterocycles. The average Bonchev–Trinajstić information content (AvgIpc) is 2.59. The summed E-state index contributed by atoms with van der Waals surface area (Å²) >= 11 is 5.60. The minimum absolute atomic E-state index is 0.0585. The molecule has 0 aliphatic carbocycles. The SMILES string of the molecule is O=C1NC(=S)S/C1=C\c1cccc(C(F)(F)F)c1F. The fourth-order valence-corrected chi connectivity index (χ4v) is 2.48. The zero-order valence-electron chi connectivity index (χ0n) is 9.05. The second kappa shape index (κ2) is 4.93. The average molecular weight is 307 g/mol. The van der Waals surface area contributed by atoms with Crippen molar-refractivity contribution < 1.29 is 22.4 Å². The number of carbonyl (C=O) groups is 1. The minimum Gasteiger partial charge on any atom is -0.307 e. The summed E-state index contributed by atoms with van der Waals surface area (Å²) < 4.78 is 51.4. The normalized spacial score (nSPS) is 18.0. The fraction of sp³-hybridized carbons (Fsp3) is 0.0909. The van der Waals surface area contributed by atoms with Crippen molar-refractivity contribution in [1.29, 1.82) is 0 Å². The van der Waals surface area contributed by atoms with Crippen LogP contribution in [0.2, 0.25) is 0 Å². The number of thioether (sulfide) groups is 1. The number of benzene rings is 1.